The maximum absolute atomic E-state index is 13.9. The van der Waals surface area contributed by atoms with Gasteiger partial charge >= 0.3 is 6.18 Å². The summed E-state index contributed by atoms with van der Waals surface area (Å²) in [6.45, 7) is 0. The maximum atomic E-state index is 13.9. The van der Waals surface area contributed by atoms with E-state index in [9.17, 15) is 31.5 Å². The Kier molecular flexibility index (Phi) is 6.25. The van der Waals surface area contributed by atoms with Gasteiger partial charge < -0.3 is 16.4 Å². The summed E-state index contributed by atoms with van der Waals surface area (Å²) in [5.41, 5.74) is 4.09. The third-order valence-electron chi connectivity index (χ3n) is 5.66. The number of primary amides is 1. The van der Waals surface area contributed by atoms with Crippen LogP contribution in [0.3, 0.4) is 0 Å². The molecule has 2 aromatic rings. The first-order valence-electron chi connectivity index (χ1n) is 10.3. The van der Waals surface area contributed by atoms with Crippen LogP contribution < -0.4 is 16.4 Å². The van der Waals surface area contributed by atoms with Gasteiger partial charge in [0.15, 0.2) is 5.01 Å². The van der Waals surface area contributed by atoms with Gasteiger partial charge in [-0.3, -0.25) is 9.59 Å². The number of nitrogens with zero attached hydrogens (tertiary/aromatic N) is 2. The Labute approximate surface area is 189 Å². The molecule has 0 radical (unpaired) electrons. The maximum Gasteiger partial charge on any atom is 0.408 e. The van der Waals surface area contributed by atoms with E-state index in [1.54, 1.807) is 0 Å². The number of carbonyl (C=O) groups excluding carboxylic acids is 2. The molecule has 1 atom stereocenters. The highest BCUT2D eigenvalue weighted by atomic mass is 32.1. The summed E-state index contributed by atoms with van der Waals surface area (Å²) in [6, 6.07) is -1.09. The van der Waals surface area contributed by atoms with Gasteiger partial charge in [-0.1, -0.05) is 0 Å². The number of amides is 2. The van der Waals surface area contributed by atoms with Crippen molar-refractivity contribution in [2.24, 2.45) is 11.7 Å². The SMILES string of the molecule is NC(=O)c1nc(C(=O)NC2CCC2)sc1-c1cnc(NC(C2CC2)C(F)(F)F)cc1C(F)F. The number of anilines is 1. The molecule has 33 heavy (non-hydrogen) atoms. The molecule has 1 unspecified atom stereocenters. The summed E-state index contributed by atoms with van der Waals surface area (Å²) in [5, 5.41) is 4.83. The van der Waals surface area contributed by atoms with Crippen LogP contribution in [0.2, 0.25) is 0 Å². The zero-order valence-corrected chi connectivity index (χ0v) is 17.9. The normalized spacial score (nSPS) is 17.5. The number of carbonyl (C=O) groups is 2. The van der Waals surface area contributed by atoms with Crippen molar-refractivity contribution in [1.82, 2.24) is 15.3 Å². The molecular formula is C20H20F5N5O2S. The van der Waals surface area contributed by atoms with E-state index in [-0.39, 0.29) is 33.0 Å². The molecule has 13 heteroatoms. The van der Waals surface area contributed by atoms with E-state index in [0.717, 1.165) is 31.5 Å². The quantitative estimate of drug-likeness (QED) is 0.480. The number of thiazole rings is 1. The highest BCUT2D eigenvalue weighted by Crippen LogP contribution is 2.43. The van der Waals surface area contributed by atoms with Crippen LogP contribution in [0.4, 0.5) is 27.8 Å². The molecule has 0 spiro atoms. The fraction of sp³-hybridized carbons (Fsp3) is 0.500. The third kappa shape index (κ3) is 5.07. The first kappa shape index (κ1) is 23.3. The van der Waals surface area contributed by atoms with Crippen molar-refractivity contribution in [3.05, 3.63) is 28.5 Å². The van der Waals surface area contributed by atoms with Crippen molar-refractivity contribution in [2.45, 2.75) is 56.8 Å². The molecule has 2 amide bonds. The molecule has 2 fully saturated rings. The Morgan fingerprint density at radius 3 is 2.39 bits per heavy atom. The zero-order valence-electron chi connectivity index (χ0n) is 17.1. The smallest absolute Gasteiger partial charge is 0.364 e. The van der Waals surface area contributed by atoms with Crippen molar-refractivity contribution >= 4 is 29.0 Å². The van der Waals surface area contributed by atoms with Crippen LogP contribution in [-0.2, 0) is 0 Å². The minimum absolute atomic E-state index is 0.0152. The minimum Gasteiger partial charge on any atom is -0.364 e. The van der Waals surface area contributed by atoms with Crippen molar-refractivity contribution in [1.29, 1.82) is 0 Å². The molecular weight excluding hydrogens is 469 g/mol. The standard InChI is InChI=1S/C20H20F5N5O2S/c21-16(22)10-6-12(29-15(8-4-5-8)20(23,24)25)27-7-11(10)14-13(17(26)31)30-19(33-14)18(32)28-9-2-1-3-9/h6-9,15-16H,1-5H2,(H2,26,31)(H,27,29)(H,28,32). The van der Waals surface area contributed by atoms with Gasteiger partial charge in [-0.25, -0.2) is 18.7 Å². The molecule has 2 aromatic heterocycles. The van der Waals surface area contributed by atoms with Crippen LogP contribution in [-0.4, -0.2) is 40.0 Å². The van der Waals surface area contributed by atoms with E-state index in [2.05, 4.69) is 20.6 Å². The lowest BCUT2D eigenvalue weighted by Crippen LogP contribution is -2.39. The molecule has 4 rings (SSSR count). The van der Waals surface area contributed by atoms with Gasteiger partial charge in [0.2, 0.25) is 0 Å². The van der Waals surface area contributed by atoms with Crippen LogP contribution in [0.1, 0.15) is 64.4 Å². The van der Waals surface area contributed by atoms with Crippen molar-refractivity contribution in [2.75, 3.05) is 5.32 Å². The van der Waals surface area contributed by atoms with Crippen LogP contribution in [0.5, 0.6) is 0 Å². The number of halogens is 5. The number of pyridine rings is 1. The molecule has 0 aliphatic heterocycles. The lowest BCUT2D eigenvalue weighted by Gasteiger charge is -2.25. The van der Waals surface area contributed by atoms with Gasteiger partial charge in [-0.05, 0) is 44.1 Å². The zero-order chi connectivity index (χ0) is 23.9. The molecule has 2 heterocycles. The topological polar surface area (TPSA) is 110 Å². The predicted molar refractivity (Wildman–Crippen MR) is 110 cm³/mol. The number of hydrogen-bond donors (Lipinski definition) is 3. The highest BCUT2D eigenvalue weighted by molar-refractivity contribution is 7.17. The van der Waals surface area contributed by atoms with Gasteiger partial charge in [0, 0.05) is 23.4 Å². The molecule has 0 saturated heterocycles. The fourth-order valence-electron chi connectivity index (χ4n) is 3.54. The number of nitrogens with two attached hydrogens (primary N) is 1. The molecule has 2 saturated carbocycles. The number of hydrogen-bond acceptors (Lipinski definition) is 6. The van der Waals surface area contributed by atoms with Gasteiger partial charge in [0.1, 0.15) is 17.6 Å². The second kappa shape index (κ2) is 8.84. The fourth-order valence-corrected chi connectivity index (χ4v) is 4.55. The summed E-state index contributed by atoms with van der Waals surface area (Å²) in [5.74, 6) is -2.59. The van der Waals surface area contributed by atoms with Gasteiger partial charge in [0.05, 0.1) is 4.88 Å². The van der Waals surface area contributed by atoms with E-state index in [0.29, 0.717) is 24.2 Å². The van der Waals surface area contributed by atoms with E-state index in [1.165, 1.54) is 0 Å². The summed E-state index contributed by atoms with van der Waals surface area (Å²) in [4.78, 5) is 32.0. The number of alkyl halides is 5. The lowest BCUT2D eigenvalue weighted by atomic mass is 9.93. The monoisotopic (exact) mass is 489 g/mol. The molecule has 178 valence electrons. The average molecular weight is 489 g/mol. The Bertz CT molecular complexity index is 1070. The second-order valence-electron chi connectivity index (χ2n) is 8.12. The van der Waals surface area contributed by atoms with Gasteiger partial charge in [0.25, 0.3) is 18.2 Å². The van der Waals surface area contributed by atoms with E-state index >= 15 is 0 Å². The van der Waals surface area contributed by atoms with Crippen LogP contribution in [0, 0.1) is 5.92 Å². The highest BCUT2D eigenvalue weighted by Gasteiger charge is 2.49. The number of rotatable bonds is 8. The Hall–Kier alpha value is -2.83. The third-order valence-corrected chi connectivity index (χ3v) is 6.75. The Balaban J connectivity index is 1.67. The molecule has 7 nitrogen and oxygen atoms in total. The van der Waals surface area contributed by atoms with Gasteiger partial charge in [-0.2, -0.15) is 13.2 Å². The van der Waals surface area contributed by atoms with Crippen molar-refractivity contribution < 1.29 is 31.5 Å². The minimum atomic E-state index is -4.56. The first-order valence-corrected chi connectivity index (χ1v) is 11.1. The Morgan fingerprint density at radius 2 is 1.88 bits per heavy atom. The summed E-state index contributed by atoms with van der Waals surface area (Å²) in [6.07, 6.45) is -3.37. The van der Waals surface area contributed by atoms with E-state index in [4.69, 9.17) is 5.73 Å². The second-order valence-corrected chi connectivity index (χ2v) is 9.12. The lowest BCUT2D eigenvalue weighted by molar-refractivity contribution is -0.146. The van der Waals surface area contributed by atoms with E-state index in [1.807, 2.05) is 0 Å². The molecule has 2 aliphatic rings. The number of aromatic nitrogens is 2. The van der Waals surface area contributed by atoms with Gasteiger partial charge in [-0.15, -0.1) is 11.3 Å². The van der Waals surface area contributed by atoms with Crippen LogP contribution in [0.25, 0.3) is 10.4 Å². The molecule has 4 N–H and O–H groups in total. The first-order chi connectivity index (χ1) is 15.5. The van der Waals surface area contributed by atoms with Crippen LogP contribution in [0.15, 0.2) is 12.3 Å². The van der Waals surface area contributed by atoms with Crippen molar-refractivity contribution in [3.8, 4) is 10.4 Å². The molecule has 0 bridgehead atoms. The molecule has 2 aliphatic carbocycles. The summed E-state index contributed by atoms with van der Waals surface area (Å²) < 4.78 is 67.7. The number of nitrogens with one attached hydrogen (secondary N) is 2. The summed E-state index contributed by atoms with van der Waals surface area (Å²) in [7, 11) is 0. The van der Waals surface area contributed by atoms with Crippen molar-refractivity contribution in [3.63, 3.8) is 0 Å². The average Bonchev–Trinajstić information content (AvgIpc) is 3.44. The Morgan fingerprint density at radius 1 is 1.18 bits per heavy atom. The largest absolute Gasteiger partial charge is 0.408 e. The van der Waals surface area contributed by atoms with E-state index < -0.39 is 41.9 Å². The molecule has 0 aromatic carbocycles. The van der Waals surface area contributed by atoms with Crippen LogP contribution >= 0.6 is 11.3 Å². The summed E-state index contributed by atoms with van der Waals surface area (Å²) >= 11 is 0.698. The predicted octanol–water partition coefficient (Wildman–Crippen LogP) is 4.28.